The Balaban J connectivity index is 1.81. The van der Waals surface area contributed by atoms with Crippen molar-refractivity contribution in [2.45, 2.75) is 58.2 Å². The van der Waals surface area contributed by atoms with Crippen LogP contribution in [0, 0.1) is 0 Å². The second-order valence-corrected chi connectivity index (χ2v) is 5.81. The number of hydrogen-bond donors (Lipinski definition) is 0. The predicted octanol–water partition coefficient (Wildman–Crippen LogP) is 2.62. The minimum atomic E-state index is -0.422. The maximum Gasteiger partial charge on any atom is 0.410 e. The number of carbonyl (C=O) groups is 2. The number of ether oxygens (including phenoxy) is 2. The van der Waals surface area contributed by atoms with Crippen LogP contribution >= 0.6 is 0 Å². The number of amides is 2. The highest BCUT2D eigenvalue weighted by Gasteiger charge is 2.29. The quantitative estimate of drug-likeness (QED) is 0.800. The molecule has 2 rings (SSSR count). The lowest BCUT2D eigenvalue weighted by Crippen LogP contribution is -2.40. The topological polar surface area (TPSA) is 59.1 Å². The first kappa shape index (κ1) is 15.9. The van der Waals surface area contributed by atoms with Crippen molar-refractivity contribution in [3.63, 3.8) is 0 Å². The average Bonchev–Trinajstić information content (AvgIpc) is 3.15. The van der Waals surface area contributed by atoms with Gasteiger partial charge in [-0.25, -0.2) is 9.59 Å². The van der Waals surface area contributed by atoms with Gasteiger partial charge in [-0.3, -0.25) is 0 Å². The summed E-state index contributed by atoms with van der Waals surface area (Å²) in [5, 5.41) is 0. The van der Waals surface area contributed by atoms with Crippen molar-refractivity contribution >= 4 is 12.2 Å². The average molecular weight is 298 g/mol. The maximum atomic E-state index is 12.0. The van der Waals surface area contributed by atoms with Gasteiger partial charge in [-0.1, -0.05) is 6.92 Å². The number of nitrogens with zero attached hydrogens (tertiary/aromatic N) is 2. The lowest BCUT2D eigenvalue weighted by Gasteiger charge is -2.27. The summed E-state index contributed by atoms with van der Waals surface area (Å²) in [6, 6.07) is 0. The van der Waals surface area contributed by atoms with Gasteiger partial charge < -0.3 is 19.3 Å². The Labute approximate surface area is 126 Å². The Kier molecular flexibility index (Phi) is 5.70. The molecule has 120 valence electrons. The monoisotopic (exact) mass is 298 g/mol. The molecule has 21 heavy (non-hydrogen) atoms. The molecule has 0 aliphatic carbocycles. The van der Waals surface area contributed by atoms with E-state index in [1.165, 1.54) is 0 Å². The Morgan fingerprint density at radius 1 is 0.905 bits per heavy atom. The van der Waals surface area contributed by atoms with Gasteiger partial charge in [-0.2, -0.15) is 0 Å². The van der Waals surface area contributed by atoms with Crippen molar-refractivity contribution in [3.8, 4) is 0 Å². The molecule has 0 spiro atoms. The number of carbonyl (C=O) groups excluding carboxylic acids is 2. The summed E-state index contributed by atoms with van der Waals surface area (Å²) >= 11 is 0. The van der Waals surface area contributed by atoms with Gasteiger partial charge >= 0.3 is 12.2 Å². The minimum absolute atomic E-state index is 0.288. The standard InChI is InChI=1S/C15H26N2O4/c1-3-13(21-15(19)17-10-6-7-11-17)12(2)20-14(18)16-8-4-5-9-16/h12-13H,3-11H2,1-2H3. The van der Waals surface area contributed by atoms with Crippen LogP contribution in [-0.4, -0.2) is 60.4 Å². The van der Waals surface area contributed by atoms with Crippen molar-refractivity contribution in [2.24, 2.45) is 0 Å². The van der Waals surface area contributed by atoms with Gasteiger partial charge in [0, 0.05) is 26.2 Å². The van der Waals surface area contributed by atoms with E-state index in [1.807, 2.05) is 6.92 Å². The lowest BCUT2D eigenvalue weighted by molar-refractivity contribution is -0.0210. The molecule has 0 aromatic carbocycles. The van der Waals surface area contributed by atoms with Crippen LogP contribution < -0.4 is 0 Å². The molecule has 2 amide bonds. The summed E-state index contributed by atoms with van der Waals surface area (Å²) in [4.78, 5) is 27.4. The maximum absolute atomic E-state index is 12.0. The van der Waals surface area contributed by atoms with Crippen LogP contribution in [0.15, 0.2) is 0 Å². The van der Waals surface area contributed by atoms with Crippen LogP contribution in [-0.2, 0) is 9.47 Å². The molecule has 2 aliphatic heterocycles. The highest BCUT2D eigenvalue weighted by atomic mass is 16.6. The smallest absolute Gasteiger partial charge is 0.410 e. The predicted molar refractivity (Wildman–Crippen MR) is 78.1 cm³/mol. The number of hydrogen-bond acceptors (Lipinski definition) is 4. The molecular formula is C15H26N2O4. The molecule has 2 aliphatic rings. The van der Waals surface area contributed by atoms with Crippen LogP contribution in [0.1, 0.15) is 46.0 Å². The molecule has 0 aromatic heterocycles. The molecular weight excluding hydrogens is 272 g/mol. The zero-order chi connectivity index (χ0) is 15.2. The lowest BCUT2D eigenvalue weighted by atomic mass is 10.2. The molecule has 6 nitrogen and oxygen atoms in total. The fourth-order valence-corrected chi connectivity index (χ4v) is 2.82. The Hall–Kier alpha value is -1.46. The minimum Gasteiger partial charge on any atom is -0.442 e. The van der Waals surface area contributed by atoms with Crippen molar-refractivity contribution in [1.29, 1.82) is 0 Å². The van der Waals surface area contributed by atoms with E-state index in [0.717, 1.165) is 51.9 Å². The molecule has 0 N–H and O–H groups in total. The van der Waals surface area contributed by atoms with Crippen molar-refractivity contribution in [3.05, 3.63) is 0 Å². The highest BCUT2D eigenvalue weighted by molar-refractivity contribution is 5.69. The molecule has 0 radical (unpaired) electrons. The van der Waals surface area contributed by atoms with Crippen LogP contribution in [0.4, 0.5) is 9.59 Å². The second-order valence-electron chi connectivity index (χ2n) is 5.81. The molecule has 0 saturated carbocycles. The van der Waals surface area contributed by atoms with Gasteiger partial charge in [0.05, 0.1) is 0 Å². The van der Waals surface area contributed by atoms with Gasteiger partial charge in [0.1, 0.15) is 12.2 Å². The van der Waals surface area contributed by atoms with Gasteiger partial charge in [0.2, 0.25) is 0 Å². The van der Waals surface area contributed by atoms with Crippen LogP contribution in [0.25, 0.3) is 0 Å². The van der Waals surface area contributed by atoms with E-state index in [1.54, 1.807) is 16.7 Å². The van der Waals surface area contributed by atoms with Gasteiger partial charge in [0.25, 0.3) is 0 Å². The summed E-state index contributed by atoms with van der Waals surface area (Å²) in [5.74, 6) is 0. The SMILES string of the molecule is CCC(OC(=O)N1CCCC1)C(C)OC(=O)N1CCCC1. The zero-order valence-electron chi connectivity index (χ0n) is 13.0. The fraction of sp³-hybridized carbons (Fsp3) is 0.867. The molecule has 2 saturated heterocycles. The molecule has 2 fully saturated rings. The summed E-state index contributed by atoms with van der Waals surface area (Å²) < 4.78 is 10.9. The largest absolute Gasteiger partial charge is 0.442 e. The summed E-state index contributed by atoms with van der Waals surface area (Å²) in [6.07, 6.45) is 3.37. The zero-order valence-corrected chi connectivity index (χ0v) is 13.0. The van der Waals surface area contributed by atoms with E-state index in [9.17, 15) is 9.59 Å². The summed E-state index contributed by atoms with van der Waals surface area (Å²) in [6.45, 7) is 6.77. The third-order valence-electron chi connectivity index (χ3n) is 4.19. The third-order valence-corrected chi connectivity index (χ3v) is 4.19. The number of likely N-dealkylation sites (tertiary alicyclic amines) is 2. The van der Waals surface area contributed by atoms with Gasteiger partial charge in [-0.15, -0.1) is 0 Å². The first-order valence-corrected chi connectivity index (χ1v) is 8.03. The van der Waals surface area contributed by atoms with Crippen LogP contribution in [0.3, 0.4) is 0 Å². The van der Waals surface area contributed by atoms with Crippen LogP contribution in [0.2, 0.25) is 0 Å². The Morgan fingerprint density at radius 2 is 1.33 bits per heavy atom. The molecule has 0 bridgehead atoms. The van der Waals surface area contributed by atoms with E-state index >= 15 is 0 Å². The van der Waals surface area contributed by atoms with E-state index in [-0.39, 0.29) is 18.3 Å². The van der Waals surface area contributed by atoms with Gasteiger partial charge in [0.15, 0.2) is 0 Å². The van der Waals surface area contributed by atoms with Crippen molar-refractivity contribution < 1.29 is 19.1 Å². The summed E-state index contributed by atoms with van der Waals surface area (Å²) in [7, 11) is 0. The molecule has 6 heteroatoms. The third kappa shape index (κ3) is 4.25. The molecule has 2 heterocycles. The Bertz CT molecular complexity index is 363. The van der Waals surface area contributed by atoms with E-state index < -0.39 is 6.10 Å². The number of rotatable bonds is 4. The van der Waals surface area contributed by atoms with Gasteiger partial charge in [-0.05, 0) is 39.0 Å². The first-order valence-electron chi connectivity index (χ1n) is 8.03. The fourth-order valence-electron chi connectivity index (χ4n) is 2.82. The first-order chi connectivity index (χ1) is 10.1. The molecule has 0 aromatic rings. The summed E-state index contributed by atoms with van der Waals surface area (Å²) in [5.41, 5.74) is 0. The Morgan fingerprint density at radius 3 is 1.76 bits per heavy atom. The van der Waals surface area contributed by atoms with E-state index in [4.69, 9.17) is 9.47 Å². The van der Waals surface area contributed by atoms with Crippen molar-refractivity contribution in [2.75, 3.05) is 26.2 Å². The highest BCUT2D eigenvalue weighted by Crippen LogP contribution is 2.16. The van der Waals surface area contributed by atoms with E-state index in [0.29, 0.717) is 6.42 Å². The van der Waals surface area contributed by atoms with E-state index in [2.05, 4.69) is 0 Å². The molecule has 2 unspecified atom stereocenters. The normalized spacial score (nSPS) is 21.2. The van der Waals surface area contributed by atoms with Crippen molar-refractivity contribution in [1.82, 2.24) is 9.80 Å². The molecule has 2 atom stereocenters. The second kappa shape index (κ2) is 7.52. The van der Waals surface area contributed by atoms with Crippen LogP contribution in [0.5, 0.6) is 0 Å².